The Morgan fingerprint density at radius 3 is 2.67 bits per heavy atom. The van der Waals surface area contributed by atoms with Crippen molar-refractivity contribution >= 4 is 49.8 Å². The number of pyridine rings is 1. The summed E-state index contributed by atoms with van der Waals surface area (Å²) in [5, 5.41) is 6.97. The van der Waals surface area contributed by atoms with Crippen molar-refractivity contribution in [2.24, 2.45) is 5.10 Å². The number of benzene rings is 2. The van der Waals surface area contributed by atoms with Gasteiger partial charge < -0.3 is 9.47 Å². The van der Waals surface area contributed by atoms with Crippen molar-refractivity contribution in [3.8, 4) is 11.5 Å². The van der Waals surface area contributed by atoms with Gasteiger partial charge in [-0.05, 0) is 29.8 Å². The summed E-state index contributed by atoms with van der Waals surface area (Å²) in [6.07, 6.45) is 1.47. The molecular formula is C22H19ClN4O5S. The molecule has 0 aliphatic carbocycles. The van der Waals surface area contributed by atoms with Crippen LogP contribution in [-0.2, 0) is 14.8 Å². The Bertz CT molecular complexity index is 1440. The minimum atomic E-state index is -3.43. The van der Waals surface area contributed by atoms with Gasteiger partial charge >= 0.3 is 0 Å². The highest BCUT2D eigenvalue weighted by Gasteiger charge is 2.33. The molecule has 1 atom stereocenters. The van der Waals surface area contributed by atoms with E-state index >= 15 is 0 Å². The van der Waals surface area contributed by atoms with Crippen molar-refractivity contribution in [1.29, 1.82) is 0 Å². The van der Waals surface area contributed by atoms with Crippen LogP contribution in [0, 0.1) is 0 Å². The highest BCUT2D eigenvalue weighted by molar-refractivity contribution is 7.92. The molecule has 0 bridgehead atoms. The second-order valence-corrected chi connectivity index (χ2v) is 9.96. The Balaban J connectivity index is 1.52. The second kappa shape index (κ2) is 7.89. The number of nitrogens with one attached hydrogen (secondary N) is 1. The van der Waals surface area contributed by atoms with Crippen LogP contribution in [0.4, 0.5) is 5.69 Å². The van der Waals surface area contributed by atoms with E-state index < -0.39 is 16.1 Å². The van der Waals surface area contributed by atoms with E-state index in [1.807, 2.05) is 18.2 Å². The number of carbonyl (C=O) groups excluding carboxylic acids is 1. The van der Waals surface area contributed by atoms with Crippen molar-refractivity contribution in [1.82, 2.24) is 9.99 Å². The second-order valence-electron chi connectivity index (χ2n) is 7.85. The first-order valence-electron chi connectivity index (χ1n) is 10.0. The number of hydrogen-bond donors (Lipinski definition) is 1. The first-order valence-corrected chi connectivity index (χ1v) is 12.3. The van der Waals surface area contributed by atoms with E-state index in [0.29, 0.717) is 46.0 Å². The first kappa shape index (κ1) is 21.5. The zero-order valence-electron chi connectivity index (χ0n) is 17.7. The van der Waals surface area contributed by atoms with Crippen molar-refractivity contribution in [3.05, 3.63) is 58.7 Å². The fourth-order valence-electron chi connectivity index (χ4n) is 3.98. The van der Waals surface area contributed by atoms with Gasteiger partial charge in [0.15, 0.2) is 11.5 Å². The van der Waals surface area contributed by atoms with Crippen molar-refractivity contribution in [3.63, 3.8) is 0 Å². The molecule has 2 aromatic carbocycles. The molecule has 1 amide bonds. The predicted molar refractivity (Wildman–Crippen MR) is 124 cm³/mol. The lowest BCUT2D eigenvalue weighted by molar-refractivity contribution is -0.130. The summed E-state index contributed by atoms with van der Waals surface area (Å²) in [5.41, 5.74) is 3.06. The van der Waals surface area contributed by atoms with Gasteiger partial charge in [-0.1, -0.05) is 23.7 Å². The summed E-state index contributed by atoms with van der Waals surface area (Å²) in [6, 6.07) is 11.9. The van der Waals surface area contributed by atoms with Gasteiger partial charge in [-0.15, -0.1) is 0 Å². The minimum absolute atomic E-state index is 0.150. The molecule has 9 nitrogen and oxygen atoms in total. The lowest BCUT2D eigenvalue weighted by atomic mass is 9.98. The number of rotatable bonds is 4. The van der Waals surface area contributed by atoms with E-state index in [-0.39, 0.29) is 17.9 Å². The molecule has 0 unspecified atom stereocenters. The highest BCUT2D eigenvalue weighted by Crippen LogP contribution is 2.40. The standard InChI is InChI=1S/C22H19ClN4O5S/c1-12(28)27-19(9-18(25-27)13-4-3-5-15(6-13)26-33(2,29)30)16-7-14-8-20-21(32-11-31-20)10-17(14)24-22(16)23/h3-8,10,19,26H,9,11H2,1-2H3/t19-/m0/s1. The normalized spacial score (nSPS) is 17.4. The number of anilines is 1. The van der Waals surface area contributed by atoms with Crippen LogP contribution >= 0.6 is 11.6 Å². The van der Waals surface area contributed by atoms with Gasteiger partial charge in [0.25, 0.3) is 0 Å². The molecule has 2 aliphatic rings. The average Bonchev–Trinajstić information content (AvgIpc) is 3.37. The summed E-state index contributed by atoms with van der Waals surface area (Å²) >= 11 is 6.55. The summed E-state index contributed by atoms with van der Waals surface area (Å²) in [4.78, 5) is 16.9. The number of amides is 1. The maximum Gasteiger partial charge on any atom is 0.240 e. The van der Waals surface area contributed by atoms with Gasteiger partial charge in [-0.3, -0.25) is 9.52 Å². The van der Waals surface area contributed by atoms with Crippen LogP contribution in [0.25, 0.3) is 10.9 Å². The minimum Gasteiger partial charge on any atom is -0.454 e. The van der Waals surface area contributed by atoms with Crippen LogP contribution in [0.1, 0.15) is 30.5 Å². The van der Waals surface area contributed by atoms with Crippen molar-refractivity contribution in [2.45, 2.75) is 19.4 Å². The van der Waals surface area contributed by atoms with Crippen LogP contribution in [0.5, 0.6) is 11.5 Å². The Labute approximate surface area is 195 Å². The summed E-state index contributed by atoms with van der Waals surface area (Å²) < 4.78 is 36.5. The van der Waals surface area contributed by atoms with E-state index in [1.165, 1.54) is 11.9 Å². The van der Waals surface area contributed by atoms with Gasteiger partial charge in [-0.25, -0.2) is 18.4 Å². The van der Waals surface area contributed by atoms with Gasteiger partial charge in [0.05, 0.1) is 23.5 Å². The Hall–Kier alpha value is -3.37. The van der Waals surface area contributed by atoms with Crippen LogP contribution in [0.2, 0.25) is 5.15 Å². The number of nitrogens with zero attached hydrogens (tertiary/aromatic N) is 3. The fraction of sp³-hybridized carbons (Fsp3) is 0.227. The third kappa shape index (κ3) is 4.19. The summed E-state index contributed by atoms with van der Waals surface area (Å²) in [7, 11) is -3.43. The number of carbonyl (C=O) groups is 1. The van der Waals surface area contributed by atoms with Gasteiger partial charge in [-0.2, -0.15) is 5.10 Å². The number of fused-ring (bicyclic) bond motifs is 2. The lowest BCUT2D eigenvalue weighted by Gasteiger charge is -2.21. The number of halogens is 1. The first-order chi connectivity index (χ1) is 15.7. The molecular weight excluding hydrogens is 468 g/mol. The molecule has 1 aromatic heterocycles. The third-order valence-corrected chi connectivity index (χ3v) is 6.29. The number of hydrazone groups is 1. The average molecular weight is 487 g/mol. The Kier molecular flexibility index (Phi) is 5.13. The van der Waals surface area contributed by atoms with E-state index in [4.69, 9.17) is 21.1 Å². The molecule has 0 saturated heterocycles. The Morgan fingerprint density at radius 2 is 1.94 bits per heavy atom. The van der Waals surface area contributed by atoms with Gasteiger partial charge in [0, 0.05) is 36.0 Å². The molecule has 3 heterocycles. The van der Waals surface area contributed by atoms with E-state index in [9.17, 15) is 13.2 Å². The molecule has 0 fully saturated rings. The predicted octanol–water partition coefficient (Wildman–Crippen LogP) is 3.69. The number of aromatic nitrogens is 1. The monoisotopic (exact) mass is 486 g/mol. The molecule has 0 saturated carbocycles. The van der Waals surface area contributed by atoms with Gasteiger partial charge in [0.2, 0.25) is 22.7 Å². The smallest absolute Gasteiger partial charge is 0.240 e. The molecule has 0 spiro atoms. The summed E-state index contributed by atoms with van der Waals surface area (Å²) in [5.74, 6) is 0.986. The largest absolute Gasteiger partial charge is 0.454 e. The number of sulfonamides is 1. The van der Waals surface area contributed by atoms with Crippen molar-refractivity contribution < 1.29 is 22.7 Å². The molecule has 0 radical (unpaired) electrons. The summed E-state index contributed by atoms with van der Waals surface area (Å²) in [6.45, 7) is 1.58. The molecule has 33 heavy (non-hydrogen) atoms. The van der Waals surface area contributed by atoms with Crippen molar-refractivity contribution in [2.75, 3.05) is 17.8 Å². The molecule has 5 rings (SSSR count). The zero-order valence-corrected chi connectivity index (χ0v) is 19.3. The third-order valence-electron chi connectivity index (χ3n) is 5.38. The maximum absolute atomic E-state index is 12.4. The van der Waals surface area contributed by atoms with Gasteiger partial charge in [0.1, 0.15) is 5.15 Å². The maximum atomic E-state index is 12.4. The fourth-order valence-corrected chi connectivity index (χ4v) is 4.81. The van der Waals surface area contributed by atoms with Crippen LogP contribution in [-0.4, -0.2) is 43.1 Å². The van der Waals surface area contributed by atoms with E-state index in [2.05, 4.69) is 14.8 Å². The molecule has 3 aromatic rings. The van der Waals surface area contributed by atoms with Crippen LogP contribution in [0.15, 0.2) is 47.6 Å². The van der Waals surface area contributed by atoms with E-state index in [0.717, 1.165) is 11.6 Å². The molecule has 2 aliphatic heterocycles. The topological polar surface area (TPSA) is 110 Å². The molecule has 1 N–H and O–H groups in total. The Morgan fingerprint density at radius 1 is 1.18 bits per heavy atom. The highest BCUT2D eigenvalue weighted by atomic mass is 35.5. The zero-order chi connectivity index (χ0) is 23.3. The van der Waals surface area contributed by atoms with E-state index in [1.54, 1.807) is 24.3 Å². The SMILES string of the molecule is CC(=O)N1N=C(c2cccc(NS(C)(=O)=O)c2)C[C@H]1c1cc2cc3c(cc2nc1Cl)OCO3. The lowest BCUT2D eigenvalue weighted by Crippen LogP contribution is -2.24. The van der Waals surface area contributed by atoms with Crippen LogP contribution < -0.4 is 14.2 Å². The number of ether oxygens (including phenoxy) is 2. The van der Waals surface area contributed by atoms with Crippen LogP contribution in [0.3, 0.4) is 0 Å². The quantitative estimate of drug-likeness (QED) is 0.563. The number of hydrogen-bond acceptors (Lipinski definition) is 7. The molecule has 11 heteroatoms. The molecule has 170 valence electrons.